The maximum Gasteiger partial charge on any atom is 0.193 e. The molecule has 7 heteroatoms. The topological polar surface area (TPSA) is 36.9 Å². The van der Waals surface area contributed by atoms with Crippen LogP contribution in [-0.2, 0) is 10.2 Å². The fourth-order valence-corrected chi connectivity index (χ4v) is 3.59. The van der Waals surface area contributed by atoms with Gasteiger partial charge in [-0.25, -0.2) is 4.39 Å². The zero-order valence-electron chi connectivity index (χ0n) is 15.3. The molecule has 0 aliphatic carbocycles. The highest BCUT2D eigenvalue weighted by atomic mass is 127. The summed E-state index contributed by atoms with van der Waals surface area (Å²) in [7, 11) is 3.54. The first kappa shape index (κ1) is 22.4. The highest BCUT2D eigenvalue weighted by Gasteiger charge is 2.28. The lowest BCUT2D eigenvalue weighted by Crippen LogP contribution is -2.45. The number of hydrogen-bond acceptors (Lipinski definition) is 2. The van der Waals surface area contributed by atoms with Gasteiger partial charge in [0.05, 0.1) is 6.61 Å². The third-order valence-electron chi connectivity index (χ3n) is 4.55. The molecule has 0 aromatic heterocycles. The third-order valence-corrected chi connectivity index (χ3v) is 4.86. The van der Waals surface area contributed by atoms with Crippen LogP contribution in [0.25, 0.3) is 0 Å². The predicted molar refractivity (Wildman–Crippen MR) is 113 cm³/mol. The standard InChI is InChI=1S/C18H27ClFN3O.HI/c1-18(2,15-6-5-14(20)9-16(15)19)12-22-17(21-3)23-8-7-13(10-23)11-24-4;/h5-6,9,13H,7-8,10-12H2,1-4H3,(H,21,22);1H. The number of methoxy groups -OCH3 is 1. The zero-order chi connectivity index (χ0) is 17.7. The minimum Gasteiger partial charge on any atom is -0.384 e. The molecule has 1 aliphatic rings. The summed E-state index contributed by atoms with van der Waals surface area (Å²) in [5, 5.41) is 3.89. The lowest BCUT2D eigenvalue weighted by molar-refractivity contribution is 0.157. The van der Waals surface area contributed by atoms with E-state index >= 15 is 0 Å². The number of hydrogen-bond donors (Lipinski definition) is 1. The maximum absolute atomic E-state index is 13.3. The molecule has 2 rings (SSSR count). The van der Waals surface area contributed by atoms with Gasteiger partial charge in [0.15, 0.2) is 5.96 Å². The quantitative estimate of drug-likeness (QED) is 0.392. The normalized spacial score (nSPS) is 18.2. The summed E-state index contributed by atoms with van der Waals surface area (Å²) < 4.78 is 18.5. The molecule has 1 saturated heterocycles. The van der Waals surface area contributed by atoms with Crippen LogP contribution in [0.2, 0.25) is 5.02 Å². The van der Waals surface area contributed by atoms with Crippen molar-refractivity contribution in [1.82, 2.24) is 10.2 Å². The summed E-state index contributed by atoms with van der Waals surface area (Å²) in [4.78, 5) is 6.65. The molecular formula is C18H28ClFIN3O. The number of halogens is 3. The Bertz CT molecular complexity index is 598. The van der Waals surface area contributed by atoms with Gasteiger partial charge in [0, 0.05) is 50.1 Å². The average molecular weight is 484 g/mol. The zero-order valence-corrected chi connectivity index (χ0v) is 18.4. The van der Waals surface area contributed by atoms with Crippen LogP contribution < -0.4 is 5.32 Å². The Morgan fingerprint density at radius 2 is 2.20 bits per heavy atom. The first-order valence-corrected chi connectivity index (χ1v) is 8.65. The van der Waals surface area contributed by atoms with E-state index in [0.29, 0.717) is 17.5 Å². The summed E-state index contributed by atoms with van der Waals surface area (Å²) in [5.74, 6) is 1.12. The molecule has 1 aliphatic heterocycles. The first-order chi connectivity index (χ1) is 11.4. The lowest BCUT2D eigenvalue weighted by Gasteiger charge is -2.30. The monoisotopic (exact) mass is 483 g/mol. The van der Waals surface area contributed by atoms with Crippen molar-refractivity contribution < 1.29 is 9.13 Å². The molecule has 0 amide bonds. The SMILES string of the molecule is CN=C(NCC(C)(C)c1ccc(F)cc1Cl)N1CCC(COC)C1.I. The van der Waals surface area contributed by atoms with E-state index in [1.165, 1.54) is 12.1 Å². The van der Waals surface area contributed by atoms with Crippen LogP contribution in [0, 0.1) is 11.7 Å². The van der Waals surface area contributed by atoms with E-state index in [9.17, 15) is 4.39 Å². The van der Waals surface area contributed by atoms with Crippen LogP contribution in [0.4, 0.5) is 4.39 Å². The van der Waals surface area contributed by atoms with Gasteiger partial charge < -0.3 is 15.0 Å². The van der Waals surface area contributed by atoms with Crippen molar-refractivity contribution in [3.05, 3.63) is 34.6 Å². The molecule has 4 nitrogen and oxygen atoms in total. The summed E-state index contributed by atoms with van der Waals surface area (Å²) in [6, 6.07) is 4.57. The van der Waals surface area contributed by atoms with Gasteiger partial charge in [-0.1, -0.05) is 31.5 Å². The Hall–Kier alpha value is -0.600. The molecule has 142 valence electrons. The second-order valence-corrected chi connectivity index (χ2v) is 7.37. The maximum atomic E-state index is 13.3. The summed E-state index contributed by atoms with van der Waals surface area (Å²) >= 11 is 6.22. The van der Waals surface area contributed by atoms with Crippen LogP contribution in [0.15, 0.2) is 23.2 Å². The van der Waals surface area contributed by atoms with E-state index in [0.717, 1.165) is 37.6 Å². The number of nitrogens with one attached hydrogen (secondary N) is 1. The number of rotatable bonds is 5. The van der Waals surface area contributed by atoms with E-state index in [4.69, 9.17) is 16.3 Å². The molecule has 0 radical (unpaired) electrons. The smallest absolute Gasteiger partial charge is 0.193 e. The number of likely N-dealkylation sites (tertiary alicyclic amines) is 1. The van der Waals surface area contributed by atoms with E-state index in [1.54, 1.807) is 20.2 Å². The molecule has 1 heterocycles. The number of guanidine groups is 1. The Labute approximate surface area is 172 Å². The second-order valence-electron chi connectivity index (χ2n) is 6.96. The van der Waals surface area contributed by atoms with Crippen LogP contribution in [-0.4, -0.2) is 51.3 Å². The average Bonchev–Trinajstić information content (AvgIpc) is 2.96. The van der Waals surface area contributed by atoms with Crippen molar-refractivity contribution in [1.29, 1.82) is 0 Å². The lowest BCUT2D eigenvalue weighted by atomic mass is 9.84. The minimum atomic E-state index is -0.315. The summed E-state index contributed by atoms with van der Waals surface area (Å²) in [6.45, 7) is 7.55. The number of aliphatic imine (C=N–C) groups is 1. The van der Waals surface area contributed by atoms with Gasteiger partial charge in [-0.2, -0.15) is 0 Å². The van der Waals surface area contributed by atoms with Crippen molar-refractivity contribution in [3.8, 4) is 0 Å². The van der Waals surface area contributed by atoms with Gasteiger partial charge in [-0.15, -0.1) is 24.0 Å². The molecule has 0 bridgehead atoms. The summed E-state index contributed by atoms with van der Waals surface area (Å²) in [5.41, 5.74) is 0.680. The van der Waals surface area contributed by atoms with E-state index in [-0.39, 0.29) is 35.2 Å². The molecule has 1 N–H and O–H groups in total. The summed E-state index contributed by atoms with van der Waals surface area (Å²) in [6.07, 6.45) is 1.11. The minimum absolute atomic E-state index is 0. The van der Waals surface area contributed by atoms with Crippen molar-refractivity contribution in [2.24, 2.45) is 10.9 Å². The highest BCUT2D eigenvalue weighted by Crippen LogP contribution is 2.30. The number of benzene rings is 1. The largest absolute Gasteiger partial charge is 0.384 e. The predicted octanol–water partition coefficient (Wildman–Crippen LogP) is 3.92. The van der Waals surface area contributed by atoms with Crippen LogP contribution in [0.5, 0.6) is 0 Å². The van der Waals surface area contributed by atoms with E-state index in [2.05, 4.69) is 29.1 Å². The van der Waals surface area contributed by atoms with Crippen LogP contribution in [0.3, 0.4) is 0 Å². The van der Waals surface area contributed by atoms with Gasteiger partial charge in [0.1, 0.15) is 5.82 Å². The Balaban J connectivity index is 0.00000312. The molecule has 1 fully saturated rings. The molecule has 1 aromatic rings. The molecule has 0 spiro atoms. The van der Waals surface area contributed by atoms with Gasteiger partial charge in [-0.05, 0) is 24.1 Å². The Morgan fingerprint density at radius 3 is 2.80 bits per heavy atom. The van der Waals surface area contributed by atoms with E-state index in [1.807, 2.05) is 0 Å². The molecular weight excluding hydrogens is 456 g/mol. The van der Waals surface area contributed by atoms with Gasteiger partial charge in [0.2, 0.25) is 0 Å². The van der Waals surface area contributed by atoms with Crippen LogP contribution >= 0.6 is 35.6 Å². The van der Waals surface area contributed by atoms with Crippen LogP contribution in [0.1, 0.15) is 25.8 Å². The fourth-order valence-electron chi connectivity index (χ4n) is 3.16. The van der Waals surface area contributed by atoms with Crippen molar-refractivity contribution in [2.45, 2.75) is 25.7 Å². The molecule has 1 aromatic carbocycles. The fraction of sp³-hybridized carbons (Fsp3) is 0.611. The van der Waals surface area contributed by atoms with E-state index < -0.39 is 0 Å². The third kappa shape index (κ3) is 5.96. The molecule has 1 unspecified atom stereocenters. The molecule has 0 saturated carbocycles. The number of ether oxygens (including phenoxy) is 1. The number of nitrogens with zero attached hydrogens (tertiary/aromatic N) is 2. The Morgan fingerprint density at radius 1 is 1.48 bits per heavy atom. The van der Waals surface area contributed by atoms with Gasteiger partial charge >= 0.3 is 0 Å². The first-order valence-electron chi connectivity index (χ1n) is 8.27. The van der Waals surface area contributed by atoms with Crippen molar-refractivity contribution in [3.63, 3.8) is 0 Å². The molecule has 1 atom stereocenters. The van der Waals surface area contributed by atoms with Gasteiger partial charge in [0.25, 0.3) is 0 Å². The Kier molecular flexibility index (Phi) is 8.91. The van der Waals surface area contributed by atoms with Gasteiger partial charge in [-0.3, -0.25) is 4.99 Å². The second kappa shape index (κ2) is 9.92. The van der Waals surface area contributed by atoms with Crippen molar-refractivity contribution in [2.75, 3.05) is 40.4 Å². The highest BCUT2D eigenvalue weighted by molar-refractivity contribution is 14.0. The van der Waals surface area contributed by atoms with Crippen molar-refractivity contribution >= 4 is 41.5 Å². The molecule has 25 heavy (non-hydrogen) atoms.